The Balaban J connectivity index is 1.79. The molecule has 2 N–H and O–H groups in total. The molecule has 176 valence electrons. The van der Waals surface area contributed by atoms with Crippen LogP contribution >= 0.6 is 0 Å². The van der Waals surface area contributed by atoms with Gasteiger partial charge in [-0.2, -0.15) is 0 Å². The van der Waals surface area contributed by atoms with Crippen molar-refractivity contribution in [2.75, 3.05) is 6.61 Å². The lowest BCUT2D eigenvalue weighted by atomic mass is 9.44. The first-order valence-electron chi connectivity index (χ1n) is 11.1. The summed E-state index contributed by atoms with van der Waals surface area (Å²) < 4.78 is 37.2. The maximum absolute atomic E-state index is 17.0. The monoisotopic (exact) mass is 452 g/mol. The second kappa shape index (κ2) is 7.03. The Labute approximate surface area is 185 Å². The smallest absolute Gasteiger partial charge is 0.303 e. The third-order valence-corrected chi connectivity index (χ3v) is 9.04. The van der Waals surface area contributed by atoms with E-state index in [4.69, 9.17) is 4.74 Å². The summed E-state index contributed by atoms with van der Waals surface area (Å²) in [5, 5.41) is 22.8. The summed E-state index contributed by atoms with van der Waals surface area (Å²) in [4.78, 5) is 36.1. The van der Waals surface area contributed by atoms with E-state index >= 15 is 8.78 Å². The summed E-state index contributed by atoms with van der Waals surface area (Å²) in [5.74, 6) is -3.98. The van der Waals surface area contributed by atoms with Crippen LogP contribution in [0.25, 0.3) is 0 Å². The molecule has 3 unspecified atom stereocenters. The van der Waals surface area contributed by atoms with Crippen LogP contribution in [0.2, 0.25) is 0 Å². The molecule has 0 spiro atoms. The molecule has 0 heterocycles. The number of hydrogen-bond donors (Lipinski definition) is 2. The second-order valence-corrected chi connectivity index (χ2v) is 10.5. The van der Waals surface area contributed by atoms with E-state index < -0.39 is 76.3 Å². The molecule has 4 rings (SSSR count). The number of carbonyl (C=O) groups excluding carboxylic acids is 3. The van der Waals surface area contributed by atoms with Crippen molar-refractivity contribution in [1.29, 1.82) is 0 Å². The van der Waals surface area contributed by atoms with Crippen LogP contribution in [0.4, 0.5) is 8.78 Å². The second-order valence-electron chi connectivity index (χ2n) is 10.5. The number of ether oxygens (including phenoxy) is 1. The van der Waals surface area contributed by atoms with E-state index in [2.05, 4.69) is 0 Å². The normalized spacial score (nSPS) is 49.6. The molecule has 4 aliphatic rings. The summed E-state index contributed by atoms with van der Waals surface area (Å²) in [6.45, 7) is 5.34. The highest BCUT2D eigenvalue weighted by molar-refractivity contribution is 6.01. The Hall–Kier alpha value is -1.93. The van der Waals surface area contributed by atoms with Crippen molar-refractivity contribution >= 4 is 17.5 Å². The minimum atomic E-state index is -2.27. The number of allylic oxidation sites excluding steroid dienone is 4. The van der Waals surface area contributed by atoms with Gasteiger partial charge in [0, 0.05) is 23.7 Å². The van der Waals surface area contributed by atoms with E-state index in [1.165, 1.54) is 19.1 Å². The van der Waals surface area contributed by atoms with Gasteiger partial charge in [0.2, 0.25) is 5.78 Å². The number of ketones is 2. The Kier molecular flexibility index (Phi) is 5.11. The molecule has 0 saturated heterocycles. The van der Waals surface area contributed by atoms with Crippen molar-refractivity contribution in [2.24, 2.45) is 28.6 Å². The molecule has 0 radical (unpaired) electrons. The number of alkyl halides is 2. The minimum absolute atomic E-state index is 0.0265. The Morgan fingerprint density at radius 1 is 1.25 bits per heavy atom. The molecule has 3 saturated carbocycles. The SMILES string of the molecule is CC(=O)OCC(=O)[C@@]1(O)C(C)C[C@H]2[C@@H]3CC(F)C4=CC(=O)C=C[C@]4(C)[C@@]3(F)C(O)C[C@@]21C. The zero-order chi connectivity index (χ0) is 23.9. The number of fused-ring (bicyclic) bond motifs is 5. The third-order valence-electron chi connectivity index (χ3n) is 9.04. The van der Waals surface area contributed by atoms with Crippen LogP contribution in [0.3, 0.4) is 0 Å². The van der Waals surface area contributed by atoms with Gasteiger partial charge in [-0.05, 0) is 55.7 Å². The Morgan fingerprint density at radius 3 is 2.53 bits per heavy atom. The van der Waals surface area contributed by atoms with Gasteiger partial charge in [0.25, 0.3) is 0 Å². The van der Waals surface area contributed by atoms with Crippen LogP contribution in [0.1, 0.15) is 47.0 Å². The third kappa shape index (κ3) is 2.65. The van der Waals surface area contributed by atoms with Crippen molar-refractivity contribution in [3.63, 3.8) is 0 Å². The predicted molar refractivity (Wildman–Crippen MR) is 110 cm³/mol. The molecule has 0 amide bonds. The van der Waals surface area contributed by atoms with Crippen molar-refractivity contribution in [1.82, 2.24) is 0 Å². The Bertz CT molecular complexity index is 945. The highest BCUT2D eigenvalue weighted by atomic mass is 19.1. The van der Waals surface area contributed by atoms with Crippen LogP contribution in [0.5, 0.6) is 0 Å². The first-order chi connectivity index (χ1) is 14.7. The molecule has 8 heteroatoms. The number of halogens is 2. The van der Waals surface area contributed by atoms with E-state index in [9.17, 15) is 24.6 Å². The number of aliphatic hydroxyl groups is 2. The quantitative estimate of drug-likeness (QED) is 0.638. The first-order valence-corrected chi connectivity index (χ1v) is 11.1. The van der Waals surface area contributed by atoms with Crippen molar-refractivity contribution in [3.8, 4) is 0 Å². The zero-order valence-corrected chi connectivity index (χ0v) is 18.7. The van der Waals surface area contributed by atoms with Gasteiger partial charge < -0.3 is 14.9 Å². The molecule has 0 aliphatic heterocycles. The molecule has 0 aromatic heterocycles. The van der Waals surface area contributed by atoms with E-state index in [0.717, 1.165) is 13.0 Å². The average Bonchev–Trinajstić information content (AvgIpc) is 2.91. The standard InChI is InChI=1S/C24H30F2O6/c1-12-7-15-16-9-18(25)17-8-14(28)5-6-21(17,3)23(16,26)19(29)10-22(15,4)24(12,31)20(30)11-32-13(2)27/h5-6,8,12,15-16,18-19,29,31H,7,9-11H2,1-4H3/t12?,15-,16-,18?,19?,21-,22-,23-,24-/m0/s1. The summed E-state index contributed by atoms with van der Waals surface area (Å²) in [7, 11) is 0. The summed E-state index contributed by atoms with van der Waals surface area (Å²) in [6.07, 6.45) is 0.271. The van der Waals surface area contributed by atoms with Gasteiger partial charge in [-0.25, -0.2) is 8.78 Å². The van der Waals surface area contributed by atoms with Gasteiger partial charge in [-0.15, -0.1) is 0 Å². The largest absolute Gasteiger partial charge is 0.458 e. The number of carbonyl (C=O) groups is 3. The molecule has 3 fully saturated rings. The fraction of sp³-hybridized carbons (Fsp3) is 0.708. The van der Waals surface area contributed by atoms with Gasteiger partial charge in [0.15, 0.2) is 18.1 Å². The van der Waals surface area contributed by atoms with Gasteiger partial charge in [-0.3, -0.25) is 14.4 Å². The molecular weight excluding hydrogens is 422 g/mol. The summed E-state index contributed by atoms with van der Waals surface area (Å²) in [6, 6.07) is 0. The fourth-order valence-corrected chi connectivity index (χ4v) is 7.41. The molecule has 9 atom stereocenters. The van der Waals surface area contributed by atoms with Crippen LogP contribution < -0.4 is 0 Å². The molecule has 0 bridgehead atoms. The molecule has 4 aliphatic carbocycles. The lowest BCUT2D eigenvalue weighted by molar-refractivity contribution is -0.224. The van der Waals surface area contributed by atoms with Gasteiger partial charge >= 0.3 is 5.97 Å². The maximum atomic E-state index is 17.0. The molecule has 0 aromatic rings. The topological polar surface area (TPSA) is 101 Å². The van der Waals surface area contributed by atoms with Gasteiger partial charge in [-0.1, -0.05) is 19.9 Å². The predicted octanol–water partition coefficient (Wildman–Crippen LogP) is 2.41. The molecule has 6 nitrogen and oxygen atoms in total. The van der Waals surface area contributed by atoms with Crippen molar-refractivity contribution in [2.45, 2.75) is 70.5 Å². The lowest BCUT2D eigenvalue weighted by Crippen LogP contribution is -2.70. The van der Waals surface area contributed by atoms with Crippen molar-refractivity contribution in [3.05, 3.63) is 23.8 Å². The van der Waals surface area contributed by atoms with Gasteiger partial charge in [0.05, 0.1) is 6.10 Å². The van der Waals surface area contributed by atoms with E-state index in [-0.39, 0.29) is 24.8 Å². The minimum Gasteiger partial charge on any atom is -0.458 e. The van der Waals surface area contributed by atoms with Crippen LogP contribution in [-0.4, -0.2) is 57.9 Å². The van der Waals surface area contributed by atoms with E-state index in [0.29, 0.717) is 0 Å². The van der Waals surface area contributed by atoms with Crippen LogP contribution in [0.15, 0.2) is 23.8 Å². The highest BCUT2D eigenvalue weighted by Gasteiger charge is 2.76. The summed E-state index contributed by atoms with van der Waals surface area (Å²) in [5.41, 5.74) is -6.97. The van der Waals surface area contributed by atoms with Crippen molar-refractivity contribution < 1.29 is 38.1 Å². The zero-order valence-electron chi connectivity index (χ0n) is 18.7. The molecule has 32 heavy (non-hydrogen) atoms. The van der Waals surface area contributed by atoms with Gasteiger partial charge in [0.1, 0.15) is 11.8 Å². The molecule has 0 aromatic carbocycles. The lowest BCUT2D eigenvalue weighted by Gasteiger charge is -2.63. The molecular formula is C24H30F2O6. The number of Topliss-reactive ketones (excluding diaryl/α,β-unsaturated/α-hetero) is 1. The highest BCUT2D eigenvalue weighted by Crippen LogP contribution is 2.70. The van der Waals surface area contributed by atoms with E-state index in [1.807, 2.05) is 0 Å². The number of aliphatic hydroxyl groups excluding tert-OH is 1. The number of rotatable bonds is 3. The first kappa shape index (κ1) is 23.2. The number of esters is 1. The Morgan fingerprint density at radius 2 is 1.91 bits per heavy atom. The summed E-state index contributed by atoms with van der Waals surface area (Å²) >= 11 is 0. The van der Waals surface area contributed by atoms with E-state index in [1.54, 1.807) is 13.8 Å². The number of hydrogen-bond acceptors (Lipinski definition) is 6. The maximum Gasteiger partial charge on any atom is 0.303 e. The van der Waals surface area contributed by atoms with Crippen LogP contribution in [0, 0.1) is 28.6 Å². The fourth-order valence-electron chi connectivity index (χ4n) is 7.41. The average molecular weight is 452 g/mol. The van der Waals surface area contributed by atoms with Crippen LogP contribution in [-0.2, 0) is 19.1 Å².